The number of hydrogen-bond donors (Lipinski definition) is 1. The molecule has 0 aliphatic carbocycles. The first-order valence-electron chi connectivity index (χ1n) is 5.48. The van der Waals surface area contributed by atoms with E-state index in [0.717, 1.165) is 12.1 Å². The van der Waals surface area contributed by atoms with E-state index in [4.69, 9.17) is 5.73 Å². The fourth-order valence-electron chi connectivity index (χ4n) is 1.60. The predicted molar refractivity (Wildman–Crippen MR) is 67.6 cm³/mol. The smallest absolute Gasteiger partial charge is 0.0643 e. The Balaban J connectivity index is 2.03. The summed E-state index contributed by atoms with van der Waals surface area (Å²) >= 11 is 1.68. The Kier molecular flexibility index (Phi) is 3.41. The Bertz CT molecular complexity index is 431. The topological polar surface area (TPSA) is 43.8 Å². The van der Waals surface area contributed by atoms with Gasteiger partial charge in [0.1, 0.15) is 0 Å². The number of nitrogens with zero attached hydrogens (tertiary/aromatic N) is 2. The normalized spacial score (nSPS) is 13.2. The Morgan fingerprint density at radius 1 is 1.44 bits per heavy atom. The van der Waals surface area contributed by atoms with Crippen molar-refractivity contribution in [3.8, 4) is 0 Å². The quantitative estimate of drug-likeness (QED) is 0.885. The minimum atomic E-state index is 0.0572. The van der Waals surface area contributed by atoms with E-state index in [1.54, 1.807) is 11.3 Å². The van der Waals surface area contributed by atoms with E-state index in [2.05, 4.69) is 35.8 Å². The molecule has 0 fully saturated rings. The van der Waals surface area contributed by atoms with Crippen LogP contribution < -0.4 is 5.73 Å². The summed E-state index contributed by atoms with van der Waals surface area (Å²) in [6.45, 7) is 4.24. The second-order valence-electron chi connectivity index (χ2n) is 4.25. The zero-order chi connectivity index (χ0) is 11.5. The molecule has 86 valence electrons. The average Bonchev–Trinajstić information content (AvgIpc) is 2.87. The van der Waals surface area contributed by atoms with Gasteiger partial charge in [0.2, 0.25) is 0 Å². The van der Waals surface area contributed by atoms with E-state index in [1.165, 1.54) is 5.56 Å². The Hall–Kier alpha value is -1.13. The first-order valence-corrected chi connectivity index (χ1v) is 6.43. The molecule has 0 aliphatic rings. The van der Waals surface area contributed by atoms with Crippen LogP contribution in [0.25, 0.3) is 0 Å². The molecule has 2 aromatic heterocycles. The summed E-state index contributed by atoms with van der Waals surface area (Å²) in [5.74, 6) is 0. The van der Waals surface area contributed by atoms with Crippen molar-refractivity contribution in [2.75, 3.05) is 0 Å². The van der Waals surface area contributed by atoms with Crippen LogP contribution in [0.1, 0.15) is 37.2 Å². The fourth-order valence-corrected chi connectivity index (χ4v) is 2.33. The molecule has 2 aromatic rings. The molecular formula is C12H17N3S. The van der Waals surface area contributed by atoms with Crippen molar-refractivity contribution < 1.29 is 0 Å². The Morgan fingerprint density at radius 2 is 2.25 bits per heavy atom. The highest BCUT2D eigenvalue weighted by molar-refractivity contribution is 7.07. The molecule has 0 bridgehead atoms. The van der Waals surface area contributed by atoms with Gasteiger partial charge in [-0.25, -0.2) is 0 Å². The highest BCUT2D eigenvalue weighted by Crippen LogP contribution is 2.18. The van der Waals surface area contributed by atoms with Gasteiger partial charge in [0.05, 0.1) is 5.69 Å². The summed E-state index contributed by atoms with van der Waals surface area (Å²) in [5.41, 5.74) is 8.37. The number of hydrogen-bond acceptors (Lipinski definition) is 3. The summed E-state index contributed by atoms with van der Waals surface area (Å²) in [5, 5.41) is 8.66. The summed E-state index contributed by atoms with van der Waals surface area (Å²) in [7, 11) is 0. The van der Waals surface area contributed by atoms with Crippen LogP contribution in [0.3, 0.4) is 0 Å². The molecule has 0 aliphatic heterocycles. The molecule has 1 unspecified atom stereocenters. The number of thiophene rings is 1. The van der Waals surface area contributed by atoms with Crippen molar-refractivity contribution in [2.45, 2.75) is 32.4 Å². The van der Waals surface area contributed by atoms with Gasteiger partial charge in [-0.2, -0.15) is 16.4 Å². The minimum Gasteiger partial charge on any atom is -0.324 e. The summed E-state index contributed by atoms with van der Waals surface area (Å²) in [4.78, 5) is 0. The SMILES string of the molecule is CC(C)n1ccc(CC(N)c2ccsc2)n1. The van der Waals surface area contributed by atoms with Crippen molar-refractivity contribution in [3.05, 3.63) is 40.3 Å². The van der Waals surface area contributed by atoms with Gasteiger partial charge >= 0.3 is 0 Å². The van der Waals surface area contributed by atoms with Gasteiger partial charge in [-0.1, -0.05) is 0 Å². The van der Waals surface area contributed by atoms with E-state index in [9.17, 15) is 0 Å². The van der Waals surface area contributed by atoms with Gasteiger partial charge < -0.3 is 5.73 Å². The molecule has 0 spiro atoms. The van der Waals surface area contributed by atoms with Crippen LogP contribution in [0.4, 0.5) is 0 Å². The van der Waals surface area contributed by atoms with Crippen molar-refractivity contribution in [2.24, 2.45) is 5.73 Å². The van der Waals surface area contributed by atoms with Crippen LogP contribution in [0.2, 0.25) is 0 Å². The van der Waals surface area contributed by atoms with Crippen LogP contribution in [0.15, 0.2) is 29.1 Å². The molecule has 1 atom stereocenters. The van der Waals surface area contributed by atoms with Crippen LogP contribution in [-0.4, -0.2) is 9.78 Å². The summed E-state index contributed by atoms with van der Waals surface area (Å²) < 4.78 is 1.97. The summed E-state index contributed by atoms with van der Waals surface area (Å²) in [6.07, 6.45) is 2.82. The fraction of sp³-hybridized carbons (Fsp3) is 0.417. The molecule has 16 heavy (non-hydrogen) atoms. The highest BCUT2D eigenvalue weighted by atomic mass is 32.1. The third-order valence-corrected chi connectivity index (χ3v) is 3.29. The maximum absolute atomic E-state index is 6.11. The van der Waals surface area contributed by atoms with E-state index >= 15 is 0 Å². The molecule has 2 N–H and O–H groups in total. The Labute approximate surface area is 99.9 Å². The molecule has 0 saturated heterocycles. The molecule has 0 aromatic carbocycles. The molecule has 0 saturated carbocycles. The molecule has 0 radical (unpaired) electrons. The first kappa shape index (κ1) is 11.4. The average molecular weight is 235 g/mol. The van der Waals surface area contributed by atoms with E-state index in [1.807, 2.05) is 16.9 Å². The highest BCUT2D eigenvalue weighted by Gasteiger charge is 2.10. The van der Waals surface area contributed by atoms with Crippen LogP contribution in [0.5, 0.6) is 0 Å². The largest absolute Gasteiger partial charge is 0.324 e. The van der Waals surface area contributed by atoms with E-state index < -0.39 is 0 Å². The molecule has 2 heterocycles. The van der Waals surface area contributed by atoms with Crippen molar-refractivity contribution >= 4 is 11.3 Å². The van der Waals surface area contributed by atoms with Gasteiger partial charge in [0.15, 0.2) is 0 Å². The van der Waals surface area contributed by atoms with E-state index in [0.29, 0.717) is 6.04 Å². The van der Waals surface area contributed by atoms with Gasteiger partial charge in [-0.15, -0.1) is 0 Å². The lowest BCUT2D eigenvalue weighted by molar-refractivity contribution is 0.522. The lowest BCUT2D eigenvalue weighted by Crippen LogP contribution is -2.13. The van der Waals surface area contributed by atoms with Crippen molar-refractivity contribution in [3.63, 3.8) is 0 Å². The van der Waals surface area contributed by atoms with Crippen LogP contribution in [0, 0.1) is 0 Å². The first-order chi connectivity index (χ1) is 7.66. The van der Waals surface area contributed by atoms with Gasteiger partial charge in [0, 0.05) is 24.7 Å². The third kappa shape index (κ3) is 2.51. The lowest BCUT2D eigenvalue weighted by Gasteiger charge is -2.08. The standard InChI is InChI=1S/C12H17N3S/c1-9(2)15-5-3-11(14-15)7-12(13)10-4-6-16-8-10/h3-6,8-9,12H,7,13H2,1-2H3. The maximum Gasteiger partial charge on any atom is 0.0643 e. The Morgan fingerprint density at radius 3 is 2.81 bits per heavy atom. The molecule has 4 heteroatoms. The monoisotopic (exact) mass is 235 g/mol. The maximum atomic E-state index is 6.11. The number of aromatic nitrogens is 2. The van der Waals surface area contributed by atoms with Crippen molar-refractivity contribution in [1.82, 2.24) is 9.78 Å². The predicted octanol–water partition coefficient (Wildman–Crippen LogP) is 2.77. The lowest BCUT2D eigenvalue weighted by atomic mass is 10.1. The molecule has 2 rings (SSSR count). The molecular weight excluding hydrogens is 218 g/mol. The minimum absolute atomic E-state index is 0.0572. The van der Waals surface area contributed by atoms with Crippen LogP contribution in [-0.2, 0) is 6.42 Å². The zero-order valence-corrected chi connectivity index (χ0v) is 10.4. The molecule has 3 nitrogen and oxygen atoms in total. The summed E-state index contributed by atoms with van der Waals surface area (Å²) in [6, 6.07) is 4.59. The van der Waals surface area contributed by atoms with Gasteiger partial charge in [-0.3, -0.25) is 4.68 Å². The zero-order valence-electron chi connectivity index (χ0n) is 9.63. The third-order valence-electron chi connectivity index (χ3n) is 2.59. The van der Waals surface area contributed by atoms with Crippen LogP contribution >= 0.6 is 11.3 Å². The second kappa shape index (κ2) is 4.80. The second-order valence-corrected chi connectivity index (χ2v) is 5.03. The number of nitrogens with two attached hydrogens (primary N) is 1. The molecule has 0 amide bonds. The van der Waals surface area contributed by atoms with E-state index in [-0.39, 0.29) is 6.04 Å². The van der Waals surface area contributed by atoms with Gasteiger partial charge in [0.25, 0.3) is 0 Å². The number of rotatable bonds is 4. The van der Waals surface area contributed by atoms with Gasteiger partial charge in [-0.05, 0) is 42.3 Å². The van der Waals surface area contributed by atoms with Crippen molar-refractivity contribution in [1.29, 1.82) is 0 Å².